The highest BCUT2D eigenvalue weighted by Crippen LogP contribution is 2.24. The lowest BCUT2D eigenvalue weighted by Gasteiger charge is -2.16. The molecule has 0 atom stereocenters. The van der Waals surface area contributed by atoms with E-state index in [2.05, 4.69) is 4.98 Å². The molecule has 0 aliphatic rings. The maximum absolute atomic E-state index is 11.0. The quantitative estimate of drug-likeness (QED) is 0.620. The van der Waals surface area contributed by atoms with Gasteiger partial charge in [-0.05, 0) is 20.9 Å². The summed E-state index contributed by atoms with van der Waals surface area (Å²) in [6.07, 6.45) is 1.51. The number of rotatable bonds is 6. The molecular weight excluding hydrogens is 250 g/mol. The van der Waals surface area contributed by atoms with Crippen molar-refractivity contribution in [3.05, 3.63) is 33.1 Å². The van der Waals surface area contributed by atoms with Crippen LogP contribution in [0.2, 0.25) is 0 Å². The average molecular weight is 267 g/mol. The van der Waals surface area contributed by atoms with Gasteiger partial charge in [-0.1, -0.05) is 0 Å². The number of aryl methyl sites for hydroxylation is 1. The molecule has 0 spiro atoms. The van der Waals surface area contributed by atoms with E-state index >= 15 is 0 Å². The minimum atomic E-state index is -0.869. The predicted octanol–water partition coefficient (Wildman–Crippen LogP) is 1.51. The van der Waals surface area contributed by atoms with Crippen LogP contribution < -0.4 is 0 Å². The molecule has 1 heterocycles. The van der Waals surface area contributed by atoms with Crippen molar-refractivity contribution >= 4 is 11.7 Å². The molecule has 0 aliphatic carbocycles. The van der Waals surface area contributed by atoms with Crippen molar-refractivity contribution in [3.8, 4) is 0 Å². The topological polar surface area (TPSA) is 96.6 Å². The predicted molar refractivity (Wildman–Crippen MR) is 69.0 cm³/mol. The molecule has 0 fully saturated rings. The molecule has 1 aromatic heterocycles. The number of carboxylic acids is 1. The summed E-state index contributed by atoms with van der Waals surface area (Å²) in [5.74, 6) is -0.869. The van der Waals surface area contributed by atoms with Gasteiger partial charge in [-0.25, -0.2) is 0 Å². The number of nitro groups is 1. The van der Waals surface area contributed by atoms with Crippen molar-refractivity contribution in [1.82, 2.24) is 9.88 Å². The van der Waals surface area contributed by atoms with Gasteiger partial charge in [-0.2, -0.15) is 0 Å². The van der Waals surface area contributed by atoms with Gasteiger partial charge in [-0.15, -0.1) is 0 Å². The van der Waals surface area contributed by atoms with E-state index in [1.165, 1.54) is 6.20 Å². The normalized spacial score (nSPS) is 10.7. The van der Waals surface area contributed by atoms with Crippen molar-refractivity contribution in [2.45, 2.75) is 26.8 Å². The second-order valence-corrected chi connectivity index (χ2v) is 4.50. The molecule has 7 nitrogen and oxygen atoms in total. The molecule has 19 heavy (non-hydrogen) atoms. The molecule has 0 saturated heterocycles. The third kappa shape index (κ3) is 3.99. The van der Waals surface area contributed by atoms with Crippen LogP contribution in [0.3, 0.4) is 0 Å². The van der Waals surface area contributed by atoms with Crippen LogP contribution in [0.5, 0.6) is 0 Å². The van der Waals surface area contributed by atoms with E-state index in [1.807, 2.05) is 0 Å². The molecule has 104 valence electrons. The van der Waals surface area contributed by atoms with Crippen molar-refractivity contribution in [2.24, 2.45) is 0 Å². The Morgan fingerprint density at radius 1 is 1.53 bits per heavy atom. The molecule has 7 heteroatoms. The SMILES string of the molecule is Cc1cnc(CN(C)CCC(=O)O)c(C)c1[N+](=O)[O-]. The monoisotopic (exact) mass is 267 g/mol. The number of aromatic nitrogens is 1. The Hall–Kier alpha value is -2.02. The molecule has 0 aromatic carbocycles. The highest BCUT2D eigenvalue weighted by molar-refractivity contribution is 5.66. The summed E-state index contributed by atoms with van der Waals surface area (Å²) in [4.78, 5) is 27.0. The lowest BCUT2D eigenvalue weighted by Crippen LogP contribution is -2.22. The fourth-order valence-corrected chi connectivity index (χ4v) is 1.83. The van der Waals surface area contributed by atoms with E-state index in [0.29, 0.717) is 29.9 Å². The molecule has 0 radical (unpaired) electrons. The Labute approximate surface area is 111 Å². The van der Waals surface area contributed by atoms with Crippen molar-refractivity contribution in [3.63, 3.8) is 0 Å². The first-order chi connectivity index (χ1) is 8.82. The molecule has 0 bridgehead atoms. The van der Waals surface area contributed by atoms with Gasteiger partial charge < -0.3 is 5.11 Å². The number of nitrogens with zero attached hydrogens (tertiary/aromatic N) is 3. The molecular formula is C12H17N3O4. The van der Waals surface area contributed by atoms with Crippen LogP contribution in [0.1, 0.15) is 23.2 Å². The maximum atomic E-state index is 11.0. The van der Waals surface area contributed by atoms with Crippen LogP contribution in [-0.4, -0.2) is 39.5 Å². The Balaban J connectivity index is 2.87. The third-order valence-corrected chi connectivity index (χ3v) is 2.89. The first kappa shape index (κ1) is 15.0. The summed E-state index contributed by atoms with van der Waals surface area (Å²) in [7, 11) is 1.76. The first-order valence-corrected chi connectivity index (χ1v) is 5.82. The molecule has 1 N–H and O–H groups in total. The van der Waals surface area contributed by atoms with Gasteiger partial charge >= 0.3 is 5.97 Å². The highest BCUT2D eigenvalue weighted by Gasteiger charge is 2.19. The zero-order chi connectivity index (χ0) is 14.6. The molecule has 1 aromatic rings. The Morgan fingerprint density at radius 3 is 2.68 bits per heavy atom. The van der Waals surface area contributed by atoms with E-state index in [1.54, 1.807) is 25.8 Å². The van der Waals surface area contributed by atoms with Crippen molar-refractivity contribution in [2.75, 3.05) is 13.6 Å². The van der Waals surface area contributed by atoms with Gasteiger partial charge in [0.2, 0.25) is 0 Å². The van der Waals surface area contributed by atoms with Gasteiger partial charge in [0.15, 0.2) is 0 Å². The van der Waals surface area contributed by atoms with Gasteiger partial charge in [0.1, 0.15) is 0 Å². The molecule has 0 saturated carbocycles. The second-order valence-electron chi connectivity index (χ2n) is 4.50. The third-order valence-electron chi connectivity index (χ3n) is 2.89. The summed E-state index contributed by atoms with van der Waals surface area (Å²) in [6.45, 7) is 4.08. The van der Waals surface area contributed by atoms with E-state index in [0.717, 1.165) is 0 Å². The maximum Gasteiger partial charge on any atom is 0.304 e. The van der Waals surface area contributed by atoms with Crippen LogP contribution in [0.15, 0.2) is 6.20 Å². The number of carboxylic acid groups (broad SMARTS) is 1. The lowest BCUT2D eigenvalue weighted by molar-refractivity contribution is -0.386. The standard InChI is InChI=1S/C12H17N3O4/c1-8-6-13-10(9(2)12(8)15(18)19)7-14(3)5-4-11(16)17/h6H,4-5,7H2,1-3H3,(H,16,17). The van der Waals surface area contributed by atoms with Crippen LogP contribution >= 0.6 is 0 Å². The van der Waals surface area contributed by atoms with E-state index in [-0.39, 0.29) is 12.1 Å². The van der Waals surface area contributed by atoms with Crippen LogP contribution in [0.25, 0.3) is 0 Å². The number of carbonyl (C=O) groups is 1. The molecule has 0 unspecified atom stereocenters. The Morgan fingerprint density at radius 2 is 2.16 bits per heavy atom. The summed E-state index contributed by atoms with van der Waals surface area (Å²) < 4.78 is 0. The summed E-state index contributed by atoms with van der Waals surface area (Å²) in [5.41, 5.74) is 1.74. The van der Waals surface area contributed by atoms with Gasteiger partial charge in [0.05, 0.1) is 17.0 Å². The fourth-order valence-electron chi connectivity index (χ4n) is 1.83. The number of hydrogen-bond donors (Lipinski definition) is 1. The van der Waals surface area contributed by atoms with E-state index in [4.69, 9.17) is 5.11 Å². The number of hydrogen-bond acceptors (Lipinski definition) is 5. The highest BCUT2D eigenvalue weighted by atomic mass is 16.6. The average Bonchev–Trinajstić information content (AvgIpc) is 2.30. The second kappa shape index (κ2) is 6.24. The lowest BCUT2D eigenvalue weighted by atomic mass is 10.1. The fraction of sp³-hybridized carbons (Fsp3) is 0.500. The zero-order valence-electron chi connectivity index (χ0n) is 11.2. The van der Waals surface area contributed by atoms with Crippen LogP contribution in [-0.2, 0) is 11.3 Å². The Bertz CT molecular complexity index is 502. The number of aliphatic carboxylic acids is 1. The van der Waals surface area contributed by atoms with Gasteiger partial charge in [0.25, 0.3) is 5.69 Å². The van der Waals surface area contributed by atoms with E-state index in [9.17, 15) is 14.9 Å². The summed E-state index contributed by atoms with van der Waals surface area (Å²) in [6, 6.07) is 0. The largest absolute Gasteiger partial charge is 0.481 e. The minimum absolute atomic E-state index is 0.0313. The smallest absolute Gasteiger partial charge is 0.304 e. The minimum Gasteiger partial charge on any atom is -0.481 e. The summed E-state index contributed by atoms with van der Waals surface area (Å²) >= 11 is 0. The first-order valence-electron chi connectivity index (χ1n) is 5.82. The zero-order valence-corrected chi connectivity index (χ0v) is 11.2. The molecule has 0 aliphatic heterocycles. The van der Waals surface area contributed by atoms with Crippen molar-refractivity contribution < 1.29 is 14.8 Å². The van der Waals surface area contributed by atoms with Gasteiger partial charge in [0, 0.05) is 30.4 Å². The number of pyridine rings is 1. The summed E-state index contributed by atoms with van der Waals surface area (Å²) in [5, 5.41) is 19.6. The molecule has 1 rings (SSSR count). The Kier molecular flexibility index (Phi) is 4.94. The van der Waals surface area contributed by atoms with Crippen LogP contribution in [0.4, 0.5) is 5.69 Å². The van der Waals surface area contributed by atoms with E-state index < -0.39 is 10.9 Å². The van der Waals surface area contributed by atoms with Crippen LogP contribution in [0, 0.1) is 24.0 Å². The van der Waals surface area contributed by atoms with Gasteiger partial charge in [-0.3, -0.25) is 24.8 Å². The van der Waals surface area contributed by atoms with Crippen molar-refractivity contribution in [1.29, 1.82) is 0 Å². The molecule has 0 amide bonds.